The van der Waals surface area contributed by atoms with Gasteiger partial charge >= 0.3 is 18.9 Å². The van der Waals surface area contributed by atoms with E-state index in [0.717, 1.165) is 109 Å². The molecule has 4 aromatic carbocycles. The number of aryl methyl sites for hydroxylation is 1. The minimum Gasteiger partial charge on any atom is -0.508 e. The third-order valence-corrected chi connectivity index (χ3v) is 16.6. The van der Waals surface area contributed by atoms with E-state index in [4.69, 9.17) is 4.74 Å². The Labute approximate surface area is 419 Å². The predicted octanol–water partition coefficient (Wildman–Crippen LogP) is 8.64. The molecule has 6 nitrogen and oxygen atoms in total. The number of hydrogen-bond acceptors (Lipinski definition) is 6. The van der Waals surface area contributed by atoms with Crippen LogP contribution < -0.4 is 29.5 Å². The fourth-order valence-electron chi connectivity index (χ4n) is 11.8. The van der Waals surface area contributed by atoms with Gasteiger partial charge in [0.2, 0.25) is 0 Å². The first-order valence-corrected chi connectivity index (χ1v) is 27.0. The summed E-state index contributed by atoms with van der Waals surface area (Å²) in [6, 6.07) is 33.5. The number of rotatable bonds is 16. The summed E-state index contributed by atoms with van der Waals surface area (Å²) in [7, 11) is 1.28. The van der Waals surface area contributed by atoms with Gasteiger partial charge < -0.3 is 38.9 Å². The number of hydrogen-bond donors (Lipinski definition) is 5. The molecule has 10 atom stereocenters. The number of ether oxygens (including phenoxy) is 1. The Morgan fingerprint density at radius 2 is 1.03 bits per heavy atom. The van der Waals surface area contributed by atoms with E-state index in [1.54, 1.807) is 6.07 Å². The maximum Gasteiger partial charge on any atom is 1.00 e. The molecule has 4 aromatic rings. The van der Waals surface area contributed by atoms with E-state index in [-0.39, 0.29) is 43.3 Å². The van der Waals surface area contributed by atoms with E-state index >= 15 is 0 Å². The molecule has 3 fully saturated rings. The molecule has 1 heterocycles. The summed E-state index contributed by atoms with van der Waals surface area (Å²) in [5.74, 6) is 3.30. The first-order valence-electron chi connectivity index (χ1n) is 26.1. The fraction of sp³-hybridized carbons (Fsp3) is 0.593. The summed E-state index contributed by atoms with van der Waals surface area (Å²) in [4.78, 5) is 0. The number of benzene rings is 4. The monoisotopic (exact) mass is 927 g/mol. The molecular formula is C59H84LiO6P. The average Bonchev–Trinajstić information content (AvgIpc) is 4.08. The van der Waals surface area contributed by atoms with Crippen molar-refractivity contribution in [3.63, 3.8) is 0 Å². The van der Waals surface area contributed by atoms with Gasteiger partial charge in [0, 0.05) is 13.2 Å². The van der Waals surface area contributed by atoms with Crippen LogP contribution in [0.15, 0.2) is 97.1 Å². The number of aliphatic hydroxyl groups is 4. The van der Waals surface area contributed by atoms with Gasteiger partial charge in [-0.2, -0.15) is 0 Å². The van der Waals surface area contributed by atoms with Crippen molar-refractivity contribution in [2.24, 2.45) is 35.5 Å². The van der Waals surface area contributed by atoms with Crippen LogP contribution in [0.4, 0.5) is 0 Å². The molecule has 362 valence electrons. The van der Waals surface area contributed by atoms with Gasteiger partial charge in [-0.05, 0) is 166 Å². The van der Waals surface area contributed by atoms with Crippen molar-refractivity contribution in [2.45, 2.75) is 174 Å². The van der Waals surface area contributed by atoms with Crippen LogP contribution in [0.5, 0.6) is 5.75 Å². The van der Waals surface area contributed by atoms with Crippen molar-refractivity contribution in [1.29, 1.82) is 0 Å². The summed E-state index contributed by atoms with van der Waals surface area (Å²) in [5.41, 5.74) is 6.78. The summed E-state index contributed by atoms with van der Waals surface area (Å²) in [5, 5.41) is 54.4. The summed E-state index contributed by atoms with van der Waals surface area (Å²) >= 11 is 0. The van der Waals surface area contributed by atoms with Crippen molar-refractivity contribution in [2.75, 3.05) is 13.2 Å². The first kappa shape index (κ1) is 55.4. The molecule has 0 spiro atoms. The van der Waals surface area contributed by atoms with Crippen LogP contribution in [0.2, 0.25) is 0 Å². The molecule has 0 bridgehead atoms. The Morgan fingerprint density at radius 1 is 0.567 bits per heavy atom. The Hall–Kier alpha value is -2.49. The third kappa shape index (κ3) is 17.1. The van der Waals surface area contributed by atoms with E-state index < -0.39 is 0 Å². The van der Waals surface area contributed by atoms with Crippen molar-refractivity contribution >= 4 is 19.2 Å². The van der Waals surface area contributed by atoms with Gasteiger partial charge in [0.1, 0.15) is 5.75 Å². The van der Waals surface area contributed by atoms with Gasteiger partial charge in [-0.1, -0.05) is 143 Å². The van der Waals surface area contributed by atoms with E-state index in [1.807, 2.05) is 18.2 Å². The quantitative estimate of drug-likeness (QED) is 0.0438. The van der Waals surface area contributed by atoms with E-state index in [1.165, 1.54) is 80.0 Å². The molecule has 9 rings (SSSR count). The molecule has 1 aliphatic heterocycles. The maximum atomic E-state index is 10.6. The number of phenolic OH excluding ortho intramolecular Hbond substituents is 1. The number of phenols is 1. The normalized spacial score (nSPS) is 25.2. The molecule has 0 unspecified atom stereocenters. The second-order valence-corrected chi connectivity index (χ2v) is 21.5. The molecule has 8 heteroatoms. The van der Waals surface area contributed by atoms with Gasteiger partial charge in [0.15, 0.2) is 0 Å². The van der Waals surface area contributed by atoms with Crippen molar-refractivity contribution in [3.8, 4) is 5.75 Å². The Balaban J connectivity index is 0.000000183. The molecule has 4 aliphatic carbocycles. The van der Waals surface area contributed by atoms with Crippen LogP contribution in [0, 0.1) is 42.4 Å². The second-order valence-electron chi connectivity index (χ2n) is 20.3. The van der Waals surface area contributed by atoms with E-state index in [2.05, 4.69) is 93.6 Å². The van der Waals surface area contributed by atoms with Crippen LogP contribution in [0.3, 0.4) is 0 Å². The minimum absolute atomic E-state index is 0. The smallest absolute Gasteiger partial charge is 0.508 e. The van der Waals surface area contributed by atoms with Gasteiger partial charge in [-0.25, -0.2) is 10.6 Å². The van der Waals surface area contributed by atoms with Crippen molar-refractivity contribution < 1.29 is 49.1 Å². The van der Waals surface area contributed by atoms with E-state index in [9.17, 15) is 25.5 Å². The summed E-state index contributed by atoms with van der Waals surface area (Å²) < 4.78 is 4.94. The topological polar surface area (TPSA) is 110 Å². The minimum atomic E-state index is -0.251. The zero-order valence-electron chi connectivity index (χ0n) is 41.7. The maximum absolute atomic E-state index is 10.6. The standard InChI is InChI=1S/C22H34O2.C21H32O3.C12H10P.C4H8O.Li/c1-3-4-5-9-18(23)10-11-19-21-12-16-8-6-7-15(2)20(16)13-17(21)14-22(19)24;1-2-3-4-7-16(22)9-10-17-18-11-14-6-5-8-20(23)19(14)12-15(18)13-21(17)24;1-3-7-11(8-4-1)13-12-9-5-2-6-10-12;1-2-4-5-3-1;/h6-8,17-19,21-24H,3-5,9-14H2,1-2H3;5-6,8,15-18,21-24H,2-4,7,9-13H2,1H3;1-10H;1-4H2;/q;;-1;;+1/t17-,18-,19+,21-,22+;15-,16-,17+,18-,21+;;;/m00.../s1. The van der Waals surface area contributed by atoms with Gasteiger partial charge in [-0.15, -0.1) is 0 Å². The van der Waals surface area contributed by atoms with Gasteiger partial charge in [-0.3, -0.25) is 0 Å². The first-order chi connectivity index (χ1) is 32.1. The van der Waals surface area contributed by atoms with Crippen LogP contribution in [-0.4, -0.2) is 63.2 Å². The zero-order chi connectivity index (χ0) is 46.7. The van der Waals surface area contributed by atoms with Crippen LogP contribution in [0.25, 0.3) is 0 Å². The van der Waals surface area contributed by atoms with Crippen LogP contribution in [0.1, 0.15) is 144 Å². The third-order valence-electron chi connectivity index (χ3n) is 15.5. The molecule has 1 saturated heterocycles. The molecule has 2 saturated carbocycles. The SMILES string of the molecule is C1CCOC1.CCCCC[C@H](O)CC[C@@H]1[C@H]2Cc3cccc(C)c3C[C@H]2C[C@H]1O.CCCCC[C@H](O)CC[C@@H]1[C@H]2Cc3cccc(O)c3C[C@H]2C[C@H]1O.[Li+].c1ccc([P-]c2ccccc2)cc1. The van der Waals surface area contributed by atoms with Crippen molar-refractivity contribution in [1.82, 2.24) is 0 Å². The molecule has 5 aliphatic rings. The Morgan fingerprint density at radius 3 is 1.49 bits per heavy atom. The average molecular weight is 927 g/mol. The molecule has 0 amide bonds. The summed E-state index contributed by atoms with van der Waals surface area (Å²) in [6.07, 6.45) is 20.0. The Kier molecular flexibility index (Phi) is 24.5. The zero-order valence-corrected chi connectivity index (χ0v) is 42.6. The number of fused-ring (bicyclic) bond motifs is 4. The van der Waals surface area contributed by atoms with Crippen molar-refractivity contribution in [3.05, 3.63) is 125 Å². The Bertz CT molecular complexity index is 1820. The fourth-order valence-corrected chi connectivity index (χ4v) is 12.8. The van der Waals surface area contributed by atoms with Crippen LogP contribution >= 0.6 is 8.58 Å². The molecule has 67 heavy (non-hydrogen) atoms. The number of aromatic hydroxyl groups is 1. The number of unbranched alkanes of at least 4 members (excludes halogenated alkanes) is 4. The van der Waals surface area contributed by atoms with Crippen LogP contribution in [-0.2, 0) is 30.4 Å². The predicted molar refractivity (Wildman–Crippen MR) is 274 cm³/mol. The summed E-state index contributed by atoms with van der Waals surface area (Å²) in [6.45, 7) is 8.60. The number of aliphatic hydroxyl groups excluding tert-OH is 4. The molecule has 0 radical (unpaired) electrons. The van der Waals surface area contributed by atoms with Gasteiger partial charge in [0.25, 0.3) is 0 Å². The van der Waals surface area contributed by atoms with E-state index in [0.29, 0.717) is 41.3 Å². The largest absolute Gasteiger partial charge is 1.00 e. The second kappa shape index (κ2) is 29.6. The molecule has 5 N–H and O–H groups in total. The van der Waals surface area contributed by atoms with Gasteiger partial charge in [0.05, 0.1) is 24.4 Å². The molecular weight excluding hydrogens is 843 g/mol. The molecule has 0 aromatic heterocycles.